The van der Waals surface area contributed by atoms with E-state index in [0.717, 1.165) is 9.32 Å². The van der Waals surface area contributed by atoms with Crippen molar-refractivity contribution in [1.82, 2.24) is 9.55 Å². The number of rotatable bonds is 4. The van der Waals surface area contributed by atoms with Crippen LogP contribution < -0.4 is 9.47 Å². The Morgan fingerprint density at radius 3 is 2.91 bits per heavy atom. The number of benzene rings is 1. The Hall–Kier alpha value is -1.84. The van der Waals surface area contributed by atoms with Gasteiger partial charge < -0.3 is 19.6 Å². The molecule has 8 heteroatoms. The van der Waals surface area contributed by atoms with Crippen molar-refractivity contribution in [2.24, 2.45) is 0 Å². The molecule has 3 rings (SSSR count). The van der Waals surface area contributed by atoms with Gasteiger partial charge in [0.2, 0.25) is 0 Å². The van der Waals surface area contributed by atoms with Gasteiger partial charge >= 0.3 is 11.8 Å². The summed E-state index contributed by atoms with van der Waals surface area (Å²) in [5.41, 5.74) is -0.557. The van der Waals surface area contributed by atoms with Crippen molar-refractivity contribution >= 4 is 28.4 Å². The normalized spacial score (nSPS) is 20.1. The zero-order valence-electron chi connectivity index (χ0n) is 11.9. The lowest BCUT2D eigenvalue weighted by Crippen LogP contribution is -2.43. The fourth-order valence-corrected chi connectivity index (χ4v) is 2.57. The molecule has 1 aromatic heterocycles. The molecule has 0 spiro atoms. The molecule has 2 aromatic rings. The summed E-state index contributed by atoms with van der Waals surface area (Å²) in [5, 5.41) is 10.8. The number of fused-ring (bicyclic) bond motifs is 1. The summed E-state index contributed by atoms with van der Waals surface area (Å²) in [5.74, 6) is 0.572. The van der Waals surface area contributed by atoms with Crippen molar-refractivity contribution in [3.63, 3.8) is 0 Å². The minimum absolute atomic E-state index is 0.196. The number of imidazole rings is 1. The van der Waals surface area contributed by atoms with Crippen LogP contribution >= 0.6 is 22.6 Å². The van der Waals surface area contributed by atoms with Gasteiger partial charge in [0.05, 0.1) is 0 Å². The lowest BCUT2D eigenvalue weighted by Gasteiger charge is -2.32. The highest BCUT2D eigenvalue weighted by molar-refractivity contribution is 14.1. The number of nitrogens with zero attached hydrogens (tertiary/aromatic N) is 3. The Morgan fingerprint density at radius 1 is 1.50 bits per heavy atom. The topological polar surface area (TPSA) is 79.4 Å². The maximum Gasteiger partial charge on any atom is 0.414 e. The Balaban J connectivity index is 1.69. The van der Waals surface area contributed by atoms with Gasteiger partial charge in [-0.15, -0.1) is 0 Å². The van der Waals surface area contributed by atoms with Crippen molar-refractivity contribution < 1.29 is 14.4 Å². The monoisotopic (exact) mass is 415 g/mol. The van der Waals surface area contributed by atoms with E-state index in [1.165, 1.54) is 6.20 Å². The molecular formula is C14H14IN3O4. The first kappa shape index (κ1) is 15.1. The maximum absolute atomic E-state index is 10.8. The number of aryl methyl sites for hydroxylation is 1. The predicted octanol–water partition coefficient (Wildman–Crippen LogP) is 3.02. The molecule has 1 aromatic carbocycles. The predicted molar refractivity (Wildman–Crippen MR) is 87.2 cm³/mol. The first-order chi connectivity index (χ1) is 10.5. The van der Waals surface area contributed by atoms with Gasteiger partial charge in [0.1, 0.15) is 24.2 Å². The van der Waals surface area contributed by atoms with E-state index >= 15 is 0 Å². The van der Waals surface area contributed by atoms with Gasteiger partial charge in [-0.2, -0.15) is 0 Å². The third-order valence-electron chi connectivity index (χ3n) is 3.49. The minimum Gasteiger partial charge on any atom is -0.489 e. The summed E-state index contributed by atoms with van der Waals surface area (Å²) in [6.07, 6.45) is 2.09. The van der Waals surface area contributed by atoms with Crippen LogP contribution in [0.1, 0.15) is 13.3 Å². The van der Waals surface area contributed by atoms with E-state index in [4.69, 9.17) is 9.47 Å². The quantitative estimate of drug-likeness (QED) is 0.436. The number of hydrogen-bond acceptors (Lipinski definition) is 5. The molecule has 0 saturated heterocycles. The molecule has 0 N–H and O–H groups in total. The van der Waals surface area contributed by atoms with Gasteiger partial charge in [0, 0.05) is 21.5 Å². The second-order valence-electron chi connectivity index (χ2n) is 5.38. The van der Waals surface area contributed by atoms with Crippen LogP contribution in [0.2, 0.25) is 0 Å². The van der Waals surface area contributed by atoms with Crippen molar-refractivity contribution in [2.45, 2.75) is 25.5 Å². The molecule has 0 saturated carbocycles. The maximum atomic E-state index is 10.8. The fourth-order valence-electron chi connectivity index (χ4n) is 2.21. The number of nitro groups is 1. The third kappa shape index (κ3) is 3.16. The van der Waals surface area contributed by atoms with Crippen LogP contribution in [0, 0.1) is 13.7 Å². The first-order valence-corrected chi connectivity index (χ1v) is 7.82. The van der Waals surface area contributed by atoms with Crippen molar-refractivity contribution in [3.05, 3.63) is 44.1 Å². The van der Waals surface area contributed by atoms with E-state index in [0.29, 0.717) is 19.6 Å². The molecule has 116 valence electrons. The fraction of sp³-hybridized carbons (Fsp3) is 0.357. The number of halogens is 1. The van der Waals surface area contributed by atoms with E-state index in [-0.39, 0.29) is 11.8 Å². The van der Waals surface area contributed by atoms with E-state index in [1.54, 1.807) is 4.57 Å². The van der Waals surface area contributed by atoms with Crippen molar-refractivity contribution in [2.75, 3.05) is 6.61 Å². The molecule has 2 heterocycles. The van der Waals surface area contributed by atoms with Gasteiger partial charge in [-0.25, -0.2) is 0 Å². The molecule has 1 atom stereocenters. The SMILES string of the molecule is CC1(COc2ccc(I)cc2)CCn2cc([N+](=O)[O-])nc2O1. The smallest absolute Gasteiger partial charge is 0.414 e. The molecule has 1 unspecified atom stereocenters. The highest BCUT2D eigenvalue weighted by atomic mass is 127. The van der Waals surface area contributed by atoms with E-state index in [1.807, 2.05) is 31.2 Å². The molecule has 7 nitrogen and oxygen atoms in total. The zero-order valence-corrected chi connectivity index (χ0v) is 14.0. The van der Waals surface area contributed by atoms with E-state index < -0.39 is 10.5 Å². The summed E-state index contributed by atoms with van der Waals surface area (Å²) in [6, 6.07) is 8.01. The summed E-state index contributed by atoms with van der Waals surface area (Å²) in [4.78, 5) is 14.1. The average Bonchev–Trinajstić information content (AvgIpc) is 2.90. The molecule has 0 amide bonds. The Kier molecular flexibility index (Phi) is 3.94. The molecule has 1 aliphatic heterocycles. The summed E-state index contributed by atoms with van der Waals surface area (Å²) in [6.45, 7) is 2.89. The largest absolute Gasteiger partial charge is 0.489 e. The van der Waals surface area contributed by atoms with Crippen molar-refractivity contribution in [1.29, 1.82) is 0 Å². The summed E-state index contributed by atoms with van der Waals surface area (Å²) >= 11 is 2.23. The lowest BCUT2D eigenvalue weighted by molar-refractivity contribution is -0.389. The van der Waals surface area contributed by atoms with Crippen LogP contribution in [0.25, 0.3) is 0 Å². The van der Waals surface area contributed by atoms with Crippen LogP contribution in [0.4, 0.5) is 5.82 Å². The molecule has 1 aliphatic rings. The van der Waals surface area contributed by atoms with Gasteiger partial charge in [-0.1, -0.05) is 0 Å². The highest BCUT2D eigenvalue weighted by Crippen LogP contribution is 2.30. The zero-order chi connectivity index (χ0) is 15.7. The summed E-state index contributed by atoms with van der Waals surface area (Å²) in [7, 11) is 0. The standard InChI is InChI=1S/C14H14IN3O4/c1-14(9-21-11-4-2-10(15)3-5-11)6-7-17-8-12(18(19)20)16-13(17)22-14/h2-5,8H,6-7,9H2,1H3. The molecule has 0 bridgehead atoms. The van der Waals surface area contributed by atoms with Gasteiger partial charge in [0.25, 0.3) is 0 Å². The highest BCUT2D eigenvalue weighted by Gasteiger charge is 2.37. The van der Waals surface area contributed by atoms with Crippen LogP contribution in [-0.4, -0.2) is 26.7 Å². The third-order valence-corrected chi connectivity index (χ3v) is 4.21. The van der Waals surface area contributed by atoms with Crippen LogP contribution in [0.5, 0.6) is 11.8 Å². The molecule has 0 fully saturated rings. The molecule has 0 aliphatic carbocycles. The average molecular weight is 415 g/mol. The van der Waals surface area contributed by atoms with Gasteiger partial charge in [-0.3, -0.25) is 4.57 Å². The summed E-state index contributed by atoms with van der Waals surface area (Å²) < 4.78 is 14.4. The van der Waals surface area contributed by atoms with Crippen molar-refractivity contribution in [3.8, 4) is 11.8 Å². The second-order valence-corrected chi connectivity index (χ2v) is 6.62. The number of ether oxygens (including phenoxy) is 2. The molecule has 0 radical (unpaired) electrons. The van der Waals surface area contributed by atoms with Gasteiger partial charge in [0.15, 0.2) is 0 Å². The van der Waals surface area contributed by atoms with Gasteiger partial charge in [-0.05, 0) is 58.7 Å². The Labute approximate surface area is 140 Å². The first-order valence-electron chi connectivity index (χ1n) is 6.74. The molecular weight excluding hydrogens is 401 g/mol. The Morgan fingerprint density at radius 2 is 2.23 bits per heavy atom. The second kappa shape index (κ2) is 5.75. The van der Waals surface area contributed by atoms with E-state index in [9.17, 15) is 10.1 Å². The number of aromatic nitrogens is 2. The van der Waals surface area contributed by atoms with E-state index in [2.05, 4.69) is 27.6 Å². The van der Waals surface area contributed by atoms with Crippen LogP contribution in [-0.2, 0) is 6.54 Å². The minimum atomic E-state index is -0.557. The van der Waals surface area contributed by atoms with Crippen LogP contribution in [0.15, 0.2) is 30.5 Å². The molecule has 22 heavy (non-hydrogen) atoms. The lowest BCUT2D eigenvalue weighted by atomic mass is 10.0. The van der Waals surface area contributed by atoms with Crippen LogP contribution in [0.3, 0.4) is 0 Å². The Bertz CT molecular complexity index is 701. The number of hydrogen-bond donors (Lipinski definition) is 0.